The molecule has 0 bridgehead atoms. The highest BCUT2D eigenvalue weighted by atomic mass is 16.3. The van der Waals surface area contributed by atoms with Crippen LogP contribution < -0.4 is 0 Å². The van der Waals surface area contributed by atoms with E-state index in [-0.39, 0.29) is 18.6 Å². The van der Waals surface area contributed by atoms with Gasteiger partial charge in [-0.15, -0.1) is 0 Å². The van der Waals surface area contributed by atoms with Crippen molar-refractivity contribution in [1.29, 1.82) is 0 Å². The van der Waals surface area contributed by atoms with E-state index >= 15 is 0 Å². The molecule has 14 unspecified atom stereocenters. The Morgan fingerprint density at radius 1 is 0.652 bits per heavy atom. The summed E-state index contributed by atoms with van der Waals surface area (Å²) in [5.41, 5.74) is -0.145. The molecule has 8 aliphatic rings. The van der Waals surface area contributed by atoms with Gasteiger partial charge in [0, 0.05) is 5.41 Å². The van der Waals surface area contributed by atoms with Crippen molar-refractivity contribution in [2.45, 2.75) is 12.8 Å². The summed E-state index contributed by atoms with van der Waals surface area (Å²) in [6, 6.07) is 0. The summed E-state index contributed by atoms with van der Waals surface area (Å²) >= 11 is 0. The molecule has 7 fully saturated rings. The Morgan fingerprint density at radius 2 is 1.30 bits per heavy atom. The lowest BCUT2D eigenvalue weighted by Crippen LogP contribution is -2.45. The quantitative estimate of drug-likeness (QED) is 0.766. The molecule has 7 saturated carbocycles. The van der Waals surface area contributed by atoms with Gasteiger partial charge in [0.1, 0.15) is 0 Å². The molecule has 2 heteroatoms. The molecule has 0 aromatic heterocycles. The third-order valence-electron chi connectivity index (χ3n) is 11.4. The number of hydrogen-bond donors (Lipinski definition) is 2. The molecule has 2 N–H and O–H groups in total. The van der Waals surface area contributed by atoms with Crippen molar-refractivity contribution in [2.75, 3.05) is 13.2 Å². The van der Waals surface area contributed by atoms with Gasteiger partial charge in [0.25, 0.3) is 0 Å². The topological polar surface area (TPSA) is 40.5 Å². The van der Waals surface area contributed by atoms with Crippen molar-refractivity contribution in [1.82, 2.24) is 0 Å². The average molecular weight is 310 g/mol. The van der Waals surface area contributed by atoms with E-state index in [1.54, 1.807) is 0 Å². The predicted octanol–water partition coefficient (Wildman–Crippen LogP) is 2.03. The Hall–Kier alpha value is -0.340. The van der Waals surface area contributed by atoms with Crippen LogP contribution in [-0.4, -0.2) is 23.4 Å². The van der Waals surface area contributed by atoms with Gasteiger partial charge in [-0.25, -0.2) is 0 Å². The molecule has 0 heterocycles. The maximum atomic E-state index is 10.6. The smallest absolute Gasteiger partial charge is 0.0515 e. The lowest BCUT2D eigenvalue weighted by atomic mass is 9.63. The molecule has 8 aliphatic carbocycles. The third-order valence-corrected chi connectivity index (χ3v) is 11.4. The highest BCUT2D eigenvalue weighted by Gasteiger charge is 2.87. The summed E-state index contributed by atoms with van der Waals surface area (Å²) in [5.74, 6) is 12.4. The van der Waals surface area contributed by atoms with Crippen LogP contribution in [0.3, 0.4) is 0 Å². The van der Waals surface area contributed by atoms with Crippen LogP contribution in [0.15, 0.2) is 12.2 Å². The summed E-state index contributed by atoms with van der Waals surface area (Å²) in [6.07, 6.45) is 8.06. The first kappa shape index (κ1) is 12.1. The van der Waals surface area contributed by atoms with Crippen LogP contribution in [0, 0.1) is 88.3 Å². The number of hydrogen-bond acceptors (Lipinski definition) is 2. The van der Waals surface area contributed by atoms with Gasteiger partial charge in [-0.3, -0.25) is 0 Å². The highest BCUT2D eigenvalue weighted by Crippen LogP contribution is 2.89. The van der Waals surface area contributed by atoms with Gasteiger partial charge in [0.05, 0.1) is 13.2 Å². The summed E-state index contributed by atoms with van der Waals surface area (Å²) in [6.45, 7) is 0.490. The molecule has 122 valence electrons. The lowest BCUT2D eigenvalue weighted by molar-refractivity contribution is -0.0487. The third kappa shape index (κ3) is 0.843. The second-order valence-electron chi connectivity index (χ2n) is 10.7. The van der Waals surface area contributed by atoms with E-state index < -0.39 is 0 Å². The highest BCUT2D eigenvalue weighted by molar-refractivity contribution is 5.37. The van der Waals surface area contributed by atoms with Crippen LogP contribution >= 0.6 is 0 Å². The van der Waals surface area contributed by atoms with Crippen LogP contribution in [0.2, 0.25) is 0 Å². The first-order valence-corrected chi connectivity index (χ1v) is 10.2. The molecule has 0 aliphatic heterocycles. The fraction of sp³-hybridized carbons (Fsp3) is 0.905. The Balaban J connectivity index is 1.48. The van der Waals surface area contributed by atoms with E-state index in [4.69, 9.17) is 0 Å². The van der Waals surface area contributed by atoms with E-state index in [1.165, 1.54) is 12.8 Å². The maximum absolute atomic E-state index is 10.6. The van der Waals surface area contributed by atoms with E-state index in [1.807, 2.05) is 0 Å². The normalized spacial score (nSPS) is 74.7. The monoisotopic (exact) mass is 310 g/mol. The van der Waals surface area contributed by atoms with E-state index in [0.29, 0.717) is 17.8 Å². The SMILES string of the molecule is OCC1(CO)C2C3C=CC4C3C3C5C4C4CCC6C4C5C(C32)C61. The van der Waals surface area contributed by atoms with Gasteiger partial charge in [-0.05, 0) is 95.7 Å². The van der Waals surface area contributed by atoms with Crippen LogP contribution in [0.25, 0.3) is 0 Å². The zero-order chi connectivity index (χ0) is 14.8. The zero-order valence-electron chi connectivity index (χ0n) is 13.5. The van der Waals surface area contributed by atoms with Crippen molar-refractivity contribution in [2.24, 2.45) is 88.3 Å². The number of allylic oxidation sites excluding steroid dienone is 2. The molecule has 0 aromatic carbocycles. The second-order valence-corrected chi connectivity index (χ2v) is 10.7. The molecule has 2 nitrogen and oxygen atoms in total. The molecule has 0 radical (unpaired) electrons. The number of fused-ring (bicyclic) bond motifs is 4. The van der Waals surface area contributed by atoms with E-state index in [9.17, 15) is 10.2 Å². The van der Waals surface area contributed by atoms with E-state index in [0.717, 1.165) is 65.1 Å². The van der Waals surface area contributed by atoms with Gasteiger partial charge in [0.15, 0.2) is 0 Å². The second kappa shape index (κ2) is 3.21. The van der Waals surface area contributed by atoms with Gasteiger partial charge < -0.3 is 10.2 Å². The van der Waals surface area contributed by atoms with Crippen molar-refractivity contribution >= 4 is 0 Å². The fourth-order valence-electron chi connectivity index (χ4n) is 12.0. The van der Waals surface area contributed by atoms with Crippen LogP contribution in [0.4, 0.5) is 0 Å². The Labute approximate surface area is 137 Å². The zero-order valence-corrected chi connectivity index (χ0v) is 13.5. The number of aliphatic hydroxyl groups is 2. The first-order chi connectivity index (χ1) is 11.3. The summed E-state index contributed by atoms with van der Waals surface area (Å²) in [7, 11) is 0. The van der Waals surface area contributed by atoms with Crippen molar-refractivity contribution in [3.8, 4) is 0 Å². The largest absolute Gasteiger partial charge is 0.396 e. The van der Waals surface area contributed by atoms with Crippen molar-refractivity contribution < 1.29 is 10.2 Å². The summed E-state index contributed by atoms with van der Waals surface area (Å²) < 4.78 is 0. The molecule has 8 rings (SSSR count). The molecule has 23 heavy (non-hydrogen) atoms. The first-order valence-electron chi connectivity index (χ1n) is 10.2. The molecule has 0 spiro atoms. The number of aliphatic hydroxyl groups excluding tert-OH is 2. The summed E-state index contributed by atoms with van der Waals surface area (Å²) in [5, 5.41) is 21.1. The predicted molar refractivity (Wildman–Crippen MR) is 83.8 cm³/mol. The fourth-order valence-corrected chi connectivity index (χ4v) is 12.0. The van der Waals surface area contributed by atoms with Gasteiger partial charge in [-0.2, -0.15) is 0 Å². The summed E-state index contributed by atoms with van der Waals surface area (Å²) in [4.78, 5) is 0. The minimum absolute atomic E-state index is 0.145. The molecule has 14 atom stereocenters. The van der Waals surface area contributed by atoms with E-state index in [2.05, 4.69) is 12.2 Å². The Bertz CT molecular complexity index is 665. The Kier molecular flexibility index (Phi) is 1.69. The minimum atomic E-state index is -0.145. The minimum Gasteiger partial charge on any atom is -0.396 e. The van der Waals surface area contributed by atoms with Crippen LogP contribution in [-0.2, 0) is 0 Å². The van der Waals surface area contributed by atoms with Gasteiger partial charge >= 0.3 is 0 Å². The molecular weight excluding hydrogens is 284 g/mol. The lowest BCUT2D eigenvalue weighted by Gasteiger charge is -2.43. The van der Waals surface area contributed by atoms with Gasteiger partial charge in [0.2, 0.25) is 0 Å². The Morgan fingerprint density at radius 3 is 2.13 bits per heavy atom. The van der Waals surface area contributed by atoms with Crippen LogP contribution in [0.5, 0.6) is 0 Å². The number of rotatable bonds is 2. The van der Waals surface area contributed by atoms with Crippen molar-refractivity contribution in [3.63, 3.8) is 0 Å². The van der Waals surface area contributed by atoms with Gasteiger partial charge in [-0.1, -0.05) is 12.2 Å². The molecule has 0 saturated heterocycles. The van der Waals surface area contributed by atoms with Crippen molar-refractivity contribution in [3.05, 3.63) is 12.2 Å². The molecular formula is C21H26O2. The molecule has 0 amide bonds. The van der Waals surface area contributed by atoms with Crippen LogP contribution in [0.1, 0.15) is 12.8 Å². The average Bonchev–Trinajstić information content (AvgIpc) is 3.28. The maximum Gasteiger partial charge on any atom is 0.0515 e. The standard InChI is InChI=1S/C21H26O2/c22-5-21(6-23)19-9-3-1-7-11-8-2-4-10-13(8)16-14(11)15(12(7)9)17(19)18(16)20(10)21/h1,3,7-20,22-23H,2,4-6H2. The molecule has 0 aromatic rings.